The van der Waals surface area contributed by atoms with E-state index in [1.54, 1.807) is 18.7 Å². The van der Waals surface area contributed by atoms with Gasteiger partial charge in [-0.05, 0) is 52.4 Å². The summed E-state index contributed by atoms with van der Waals surface area (Å²) in [6.45, 7) is 0. The molecule has 3 aromatic rings. The van der Waals surface area contributed by atoms with Gasteiger partial charge in [0.25, 0.3) is 0 Å². The first-order valence-electron chi connectivity index (χ1n) is 5.55. The van der Waals surface area contributed by atoms with Crippen LogP contribution in [0.4, 0.5) is 0 Å². The molecular weight excluding hydrogens is 419 g/mol. The summed E-state index contributed by atoms with van der Waals surface area (Å²) >= 11 is 5.81. The highest BCUT2D eigenvalue weighted by atomic mass is 127. The predicted octanol–water partition coefficient (Wildman–Crippen LogP) is 4.77. The minimum atomic E-state index is 0.533. The monoisotopic (exact) mass is 426 g/mol. The van der Waals surface area contributed by atoms with Gasteiger partial charge in [0.05, 0.1) is 6.20 Å². The van der Waals surface area contributed by atoms with Crippen molar-refractivity contribution in [3.8, 4) is 22.7 Å². The third-order valence-corrected chi connectivity index (χ3v) is 3.70. The SMILES string of the molecule is Brc1cc(I)cc(-c2cccnc2-c2ncco2)c1. The summed E-state index contributed by atoms with van der Waals surface area (Å²) in [6.07, 6.45) is 4.92. The van der Waals surface area contributed by atoms with Crippen LogP contribution in [-0.2, 0) is 0 Å². The Morgan fingerprint density at radius 2 is 2.00 bits per heavy atom. The van der Waals surface area contributed by atoms with E-state index in [1.165, 1.54) is 0 Å². The molecule has 0 saturated heterocycles. The first-order valence-corrected chi connectivity index (χ1v) is 7.42. The van der Waals surface area contributed by atoms with E-state index in [-0.39, 0.29) is 0 Å². The van der Waals surface area contributed by atoms with Crippen molar-refractivity contribution in [2.45, 2.75) is 0 Å². The van der Waals surface area contributed by atoms with Crippen molar-refractivity contribution in [3.63, 3.8) is 0 Å². The van der Waals surface area contributed by atoms with Crippen LogP contribution in [0.5, 0.6) is 0 Å². The van der Waals surface area contributed by atoms with Gasteiger partial charge in [-0.25, -0.2) is 4.98 Å². The Kier molecular flexibility index (Phi) is 3.65. The second-order valence-electron chi connectivity index (χ2n) is 3.89. The fourth-order valence-corrected chi connectivity index (χ4v) is 3.45. The van der Waals surface area contributed by atoms with Crippen molar-refractivity contribution in [1.82, 2.24) is 9.97 Å². The van der Waals surface area contributed by atoms with Crippen LogP contribution < -0.4 is 0 Å². The molecule has 1 aromatic carbocycles. The predicted molar refractivity (Wildman–Crippen MR) is 85.6 cm³/mol. The lowest BCUT2D eigenvalue weighted by atomic mass is 10.0. The van der Waals surface area contributed by atoms with Crippen molar-refractivity contribution in [3.05, 3.63) is 57.0 Å². The Labute approximate surface area is 132 Å². The van der Waals surface area contributed by atoms with E-state index >= 15 is 0 Å². The molecule has 5 heteroatoms. The van der Waals surface area contributed by atoms with Crippen LogP contribution in [-0.4, -0.2) is 9.97 Å². The third kappa shape index (κ3) is 2.71. The Morgan fingerprint density at radius 1 is 1.11 bits per heavy atom. The quantitative estimate of drug-likeness (QED) is 0.554. The lowest BCUT2D eigenvalue weighted by Crippen LogP contribution is -1.89. The normalized spacial score (nSPS) is 10.6. The van der Waals surface area contributed by atoms with Crippen LogP contribution in [0.15, 0.2) is 57.9 Å². The van der Waals surface area contributed by atoms with Crippen molar-refractivity contribution in [2.75, 3.05) is 0 Å². The molecule has 0 atom stereocenters. The number of rotatable bonds is 2. The molecule has 3 nitrogen and oxygen atoms in total. The van der Waals surface area contributed by atoms with Gasteiger partial charge in [-0.15, -0.1) is 0 Å². The average molecular weight is 427 g/mol. The molecule has 19 heavy (non-hydrogen) atoms. The molecule has 2 heterocycles. The maximum atomic E-state index is 5.35. The Bertz CT molecular complexity index is 693. The van der Waals surface area contributed by atoms with Crippen molar-refractivity contribution < 1.29 is 4.42 Å². The minimum absolute atomic E-state index is 0.533. The number of aromatic nitrogens is 2. The molecule has 0 unspecified atom stereocenters. The smallest absolute Gasteiger partial charge is 0.245 e. The zero-order chi connectivity index (χ0) is 13.2. The molecule has 3 rings (SSSR count). The van der Waals surface area contributed by atoms with Crippen LogP contribution in [0.2, 0.25) is 0 Å². The van der Waals surface area contributed by atoms with Gasteiger partial charge in [0.1, 0.15) is 12.0 Å². The van der Waals surface area contributed by atoms with Crippen molar-refractivity contribution >= 4 is 38.5 Å². The van der Waals surface area contributed by atoms with Gasteiger partial charge >= 0.3 is 0 Å². The molecule has 94 valence electrons. The summed E-state index contributed by atoms with van der Waals surface area (Å²) in [5, 5.41) is 0. The van der Waals surface area contributed by atoms with Gasteiger partial charge in [-0.1, -0.05) is 22.0 Å². The number of nitrogens with zero attached hydrogens (tertiary/aromatic N) is 2. The fraction of sp³-hybridized carbons (Fsp3) is 0. The largest absolute Gasteiger partial charge is 0.443 e. The molecule has 0 bridgehead atoms. The first kappa shape index (κ1) is 12.8. The lowest BCUT2D eigenvalue weighted by molar-refractivity contribution is 0.572. The van der Waals surface area contributed by atoms with Gasteiger partial charge in [0.15, 0.2) is 0 Å². The molecule has 0 aliphatic rings. The summed E-state index contributed by atoms with van der Waals surface area (Å²) in [5.41, 5.74) is 2.84. The highest BCUT2D eigenvalue weighted by molar-refractivity contribution is 14.1. The van der Waals surface area contributed by atoms with Gasteiger partial charge in [-0.2, -0.15) is 0 Å². The van der Waals surface area contributed by atoms with Crippen molar-refractivity contribution in [1.29, 1.82) is 0 Å². The highest BCUT2D eigenvalue weighted by Gasteiger charge is 2.12. The van der Waals surface area contributed by atoms with E-state index in [0.717, 1.165) is 24.9 Å². The van der Waals surface area contributed by atoms with E-state index in [0.29, 0.717) is 5.89 Å². The Hall–Kier alpha value is -1.21. The van der Waals surface area contributed by atoms with Crippen molar-refractivity contribution in [2.24, 2.45) is 0 Å². The van der Waals surface area contributed by atoms with E-state index in [1.807, 2.05) is 12.1 Å². The number of halogens is 2. The van der Waals surface area contributed by atoms with E-state index in [2.05, 4.69) is 66.7 Å². The van der Waals surface area contributed by atoms with Crippen LogP contribution in [0, 0.1) is 3.57 Å². The summed E-state index contributed by atoms with van der Waals surface area (Å²) in [4.78, 5) is 8.56. The zero-order valence-corrected chi connectivity index (χ0v) is 13.4. The summed E-state index contributed by atoms with van der Waals surface area (Å²) in [5.74, 6) is 0.533. The van der Waals surface area contributed by atoms with Gasteiger partial charge < -0.3 is 4.42 Å². The highest BCUT2D eigenvalue weighted by Crippen LogP contribution is 2.32. The van der Waals surface area contributed by atoms with Crippen LogP contribution in [0.3, 0.4) is 0 Å². The molecular formula is C14H8BrIN2O. The molecule has 0 radical (unpaired) electrons. The lowest BCUT2D eigenvalue weighted by Gasteiger charge is -2.07. The summed E-state index contributed by atoms with van der Waals surface area (Å²) in [6, 6.07) is 10.2. The standard InChI is InChI=1S/C14H8BrIN2O/c15-10-6-9(7-11(16)8-10)12-2-1-3-17-13(12)14-18-4-5-19-14/h1-8H. The maximum Gasteiger partial charge on any atom is 0.245 e. The second kappa shape index (κ2) is 5.42. The zero-order valence-electron chi connectivity index (χ0n) is 9.68. The molecule has 2 aromatic heterocycles. The van der Waals surface area contributed by atoms with E-state index < -0.39 is 0 Å². The molecule has 0 spiro atoms. The summed E-state index contributed by atoms with van der Waals surface area (Å²) in [7, 11) is 0. The molecule has 0 saturated carbocycles. The number of benzene rings is 1. The minimum Gasteiger partial charge on any atom is -0.443 e. The van der Waals surface area contributed by atoms with Gasteiger partial charge in [0, 0.05) is 19.8 Å². The molecule has 0 N–H and O–H groups in total. The fourth-order valence-electron chi connectivity index (χ4n) is 1.86. The van der Waals surface area contributed by atoms with Gasteiger partial charge in [0.2, 0.25) is 5.89 Å². The van der Waals surface area contributed by atoms with E-state index in [4.69, 9.17) is 4.42 Å². The molecule has 0 fully saturated rings. The van der Waals surface area contributed by atoms with Crippen LogP contribution in [0.1, 0.15) is 0 Å². The second-order valence-corrected chi connectivity index (χ2v) is 6.06. The Balaban J connectivity index is 2.20. The molecule has 0 aliphatic carbocycles. The Morgan fingerprint density at radius 3 is 2.74 bits per heavy atom. The molecule has 0 amide bonds. The average Bonchev–Trinajstić information content (AvgIpc) is 2.91. The summed E-state index contributed by atoms with van der Waals surface area (Å²) < 4.78 is 7.55. The number of oxazole rings is 1. The van der Waals surface area contributed by atoms with Crippen LogP contribution >= 0.6 is 38.5 Å². The topological polar surface area (TPSA) is 38.9 Å². The van der Waals surface area contributed by atoms with Gasteiger partial charge in [-0.3, -0.25) is 4.98 Å². The number of pyridine rings is 1. The van der Waals surface area contributed by atoms with E-state index in [9.17, 15) is 0 Å². The van der Waals surface area contributed by atoms with Crippen LogP contribution in [0.25, 0.3) is 22.7 Å². The third-order valence-electron chi connectivity index (χ3n) is 2.62. The number of hydrogen-bond donors (Lipinski definition) is 0. The number of hydrogen-bond acceptors (Lipinski definition) is 3. The molecule has 0 aliphatic heterocycles. The first-order chi connectivity index (χ1) is 9.24. The maximum absolute atomic E-state index is 5.35.